The van der Waals surface area contributed by atoms with Crippen molar-refractivity contribution in [3.8, 4) is 5.75 Å². The van der Waals surface area contributed by atoms with Crippen LogP contribution in [0.3, 0.4) is 0 Å². The molecule has 0 aliphatic carbocycles. The molecule has 0 amide bonds. The molecule has 2 aromatic rings. The van der Waals surface area contributed by atoms with Gasteiger partial charge in [-0.2, -0.15) is 4.31 Å². The minimum atomic E-state index is -3.56. The van der Waals surface area contributed by atoms with Crippen molar-refractivity contribution in [2.24, 2.45) is 0 Å². The first-order valence-electron chi connectivity index (χ1n) is 7.96. The first-order chi connectivity index (χ1) is 11.5. The van der Waals surface area contributed by atoms with E-state index in [0.717, 1.165) is 28.0 Å². The zero-order valence-electron chi connectivity index (χ0n) is 13.5. The number of nitrogens with zero attached hydrogens (tertiary/aromatic N) is 1. The standard InChI is InChI=1S/C18H19NO4S/c1-13-2-5-18-15(8-13)10-19(6-7-23-18)24(20,21)17-4-3-14-11-22-12-16(14)9-17/h2-5,8-9H,6-7,10-12H2,1H3. The van der Waals surface area contributed by atoms with Gasteiger partial charge in [-0.15, -0.1) is 0 Å². The molecule has 24 heavy (non-hydrogen) atoms. The molecule has 0 spiro atoms. The molecule has 0 bridgehead atoms. The first kappa shape index (κ1) is 15.6. The molecule has 0 atom stereocenters. The van der Waals surface area contributed by atoms with Crippen molar-refractivity contribution >= 4 is 10.0 Å². The fourth-order valence-corrected chi connectivity index (χ4v) is 4.62. The van der Waals surface area contributed by atoms with Crippen molar-refractivity contribution in [2.45, 2.75) is 31.6 Å². The Morgan fingerprint density at radius 3 is 2.71 bits per heavy atom. The summed E-state index contributed by atoms with van der Waals surface area (Å²) in [6.07, 6.45) is 0. The van der Waals surface area contributed by atoms with Crippen LogP contribution < -0.4 is 4.74 Å². The second-order valence-corrected chi connectivity index (χ2v) is 8.16. The highest BCUT2D eigenvalue weighted by Gasteiger charge is 2.28. The number of ether oxygens (including phenoxy) is 2. The molecule has 0 unspecified atom stereocenters. The summed E-state index contributed by atoms with van der Waals surface area (Å²) in [6.45, 7) is 4.04. The molecule has 0 fully saturated rings. The second-order valence-electron chi connectivity index (χ2n) is 6.22. The lowest BCUT2D eigenvalue weighted by molar-refractivity contribution is 0.134. The van der Waals surface area contributed by atoms with Crippen LogP contribution in [-0.4, -0.2) is 25.9 Å². The smallest absolute Gasteiger partial charge is 0.243 e. The molecule has 6 heteroatoms. The quantitative estimate of drug-likeness (QED) is 0.840. The number of hydrogen-bond acceptors (Lipinski definition) is 4. The Morgan fingerprint density at radius 2 is 1.83 bits per heavy atom. The maximum Gasteiger partial charge on any atom is 0.243 e. The lowest BCUT2D eigenvalue weighted by Gasteiger charge is -2.20. The van der Waals surface area contributed by atoms with Gasteiger partial charge in [-0.3, -0.25) is 0 Å². The Bertz CT molecular complexity index is 892. The third kappa shape index (κ3) is 2.70. The van der Waals surface area contributed by atoms with E-state index in [0.29, 0.717) is 37.8 Å². The summed E-state index contributed by atoms with van der Waals surface area (Å²) in [6, 6.07) is 11.1. The maximum absolute atomic E-state index is 13.1. The van der Waals surface area contributed by atoms with E-state index in [4.69, 9.17) is 9.47 Å². The lowest BCUT2D eigenvalue weighted by Crippen LogP contribution is -2.32. The van der Waals surface area contributed by atoms with Gasteiger partial charge in [0.1, 0.15) is 12.4 Å². The van der Waals surface area contributed by atoms with Crippen LogP contribution >= 0.6 is 0 Å². The summed E-state index contributed by atoms with van der Waals surface area (Å²) >= 11 is 0. The normalized spacial score (nSPS) is 17.7. The number of rotatable bonds is 2. The highest BCUT2D eigenvalue weighted by molar-refractivity contribution is 7.89. The van der Waals surface area contributed by atoms with Crippen LogP contribution in [0.25, 0.3) is 0 Å². The predicted octanol–water partition coefficient (Wildman–Crippen LogP) is 2.61. The summed E-state index contributed by atoms with van der Waals surface area (Å²) in [5.41, 5.74) is 4.01. The fraction of sp³-hybridized carbons (Fsp3) is 0.333. The van der Waals surface area contributed by atoms with Crippen molar-refractivity contribution in [1.82, 2.24) is 4.31 Å². The number of fused-ring (bicyclic) bond motifs is 2. The van der Waals surface area contributed by atoms with E-state index in [-0.39, 0.29) is 0 Å². The summed E-state index contributed by atoms with van der Waals surface area (Å²) in [4.78, 5) is 0.322. The summed E-state index contributed by atoms with van der Waals surface area (Å²) in [7, 11) is -3.56. The maximum atomic E-state index is 13.1. The summed E-state index contributed by atoms with van der Waals surface area (Å²) in [5.74, 6) is 0.764. The van der Waals surface area contributed by atoms with Gasteiger partial charge in [0.25, 0.3) is 0 Å². The molecular weight excluding hydrogens is 326 g/mol. The van der Waals surface area contributed by atoms with Crippen molar-refractivity contribution in [3.63, 3.8) is 0 Å². The molecule has 2 aliphatic rings. The zero-order valence-corrected chi connectivity index (χ0v) is 14.3. The highest BCUT2D eigenvalue weighted by Crippen LogP contribution is 2.29. The fourth-order valence-electron chi connectivity index (χ4n) is 3.16. The lowest BCUT2D eigenvalue weighted by atomic mass is 10.1. The van der Waals surface area contributed by atoms with Gasteiger partial charge in [0, 0.05) is 18.7 Å². The monoisotopic (exact) mass is 345 g/mol. The van der Waals surface area contributed by atoms with Gasteiger partial charge < -0.3 is 9.47 Å². The molecule has 2 aromatic carbocycles. The summed E-state index contributed by atoms with van der Waals surface area (Å²) < 4.78 is 38.7. The van der Waals surface area contributed by atoms with E-state index < -0.39 is 10.0 Å². The molecule has 0 N–H and O–H groups in total. The van der Waals surface area contributed by atoms with E-state index in [1.165, 1.54) is 4.31 Å². The third-order valence-electron chi connectivity index (χ3n) is 4.49. The molecule has 0 saturated heterocycles. The molecule has 0 radical (unpaired) electrons. The topological polar surface area (TPSA) is 55.8 Å². The van der Waals surface area contributed by atoms with Gasteiger partial charge in [0.15, 0.2) is 0 Å². The minimum Gasteiger partial charge on any atom is -0.492 e. The predicted molar refractivity (Wildman–Crippen MR) is 89.2 cm³/mol. The van der Waals surface area contributed by atoms with E-state index in [9.17, 15) is 8.42 Å². The van der Waals surface area contributed by atoms with E-state index in [1.54, 1.807) is 12.1 Å². The molecule has 5 nitrogen and oxygen atoms in total. The van der Waals surface area contributed by atoms with Gasteiger partial charge in [-0.05, 0) is 36.2 Å². The Labute approximate surface area is 141 Å². The SMILES string of the molecule is Cc1ccc2c(c1)CN(S(=O)(=O)c1ccc3c(c1)COC3)CCO2. The van der Waals surface area contributed by atoms with Crippen LogP contribution in [0.4, 0.5) is 0 Å². The second kappa shape index (κ2) is 5.88. The van der Waals surface area contributed by atoms with Gasteiger partial charge in [0.2, 0.25) is 10.0 Å². The van der Waals surface area contributed by atoms with Crippen LogP contribution in [-0.2, 0) is 34.5 Å². The molecular formula is C18H19NO4S. The van der Waals surface area contributed by atoms with Gasteiger partial charge in [-0.1, -0.05) is 23.8 Å². The molecule has 2 heterocycles. The Kier molecular flexibility index (Phi) is 3.83. The van der Waals surface area contributed by atoms with Crippen molar-refractivity contribution in [1.29, 1.82) is 0 Å². The number of aryl methyl sites for hydroxylation is 1. The molecule has 0 saturated carbocycles. The van der Waals surface area contributed by atoms with Crippen LogP contribution in [0.2, 0.25) is 0 Å². The van der Waals surface area contributed by atoms with Gasteiger partial charge in [0.05, 0.1) is 18.1 Å². The summed E-state index contributed by atoms with van der Waals surface area (Å²) in [5, 5.41) is 0. The van der Waals surface area contributed by atoms with E-state index >= 15 is 0 Å². The van der Waals surface area contributed by atoms with E-state index in [1.807, 2.05) is 31.2 Å². The van der Waals surface area contributed by atoms with Crippen molar-refractivity contribution in [3.05, 3.63) is 58.7 Å². The minimum absolute atomic E-state index is 0.322. The Balaban J connectivity index is 1.69. The third-order valence-corrected chi connectivity index (χ3v) is 6.33. The molecule has 4 rings (SSSR count). The van der Waals surface area contributed by atoms with Crippen molar-refractivity contribution < 1.29 is 17.9 Å². The van der Waals surface area contributed by atoms with Gasteiger partial charge >= 0.3 is 0 Å². The average Bonchev–Trinajstić information content (AvgIpc) is 2.92. The number of sulfonamides is 1. The molecule has 126 valence electrons. The van der Waals surface area contributed by atoms with Crippen LogP contribution in [0.15, 0.2) is 41.3 Å². The largest absolute Gasteiger partial charge is 0.492 e. The number of benzene rings is 2. The highest BCUT2D eigenvalue weighted by atomic mass is 32.2. The van der Waals surface area contributed by atoms with E-state index in [2.05, 4.69) is 0 Å². The Morgan fingerprint density at radius 1 is 1.00 bits per heavy atom. The molecule has 2 aliphatic heterocycles. The van der Waals surface area contributed by atoms with Crippen LogP contribution in [0, 0.1) is 6.92 Å². The first-order valence-corrected chi connectivity index (χ1v) is 9.40. The van der Waals surface area contributed by atoms with Crippen molar-refractivity contribution in [2.75, 3.05) is 13.2 Å². The Hall–Kier alpha value is -1.89. The number of hydrogen-bond donors (Lipinski definition) is 0. The average molecular weight is 345 g/mol. The van der Waals surface area contributed by atoms with Gasteiger partial charge in [-0.25, -0.2) is 8.42 Å². The molecule has 0 aromatic heterocycles. The zero-order chi connectivity index (χ0) is 16.7. The van der Waals surface area contributed by atoms with Crippen LogP contribution in [0.5, 0.6) is 5.75 Å². The van der Waals surface area contributed by atoms with Crippen LogP contribution in [0.1, 0.15) is 22.3 Å².